The monoisotopic (exact) mass is 429 g/mol. The molecule has 0 unspecified atom stereocenters. The number of nitrogens with one attached hydrogen (secondary N) is 1. The summed E-state index contributed by atoms with van der Waals surface area (Å²) in [5, 5.41) is 13.2. The Balaban J connectivity index is 1.64. The van der Waals surface area contributed by atoms with Crippen LogP contribution in [0.25, 0.3) is 11.0 Å². The first-order chi connectivity index (χ1) is 14.4. The second-order valence-corrected chi connectivity index (χ2v) is 7.12. The Labute approximate surface area is 177 Å². The third kappa shape index (κ3) is 5.39. The lowest BCUT2D eigenvalue weighted by Gasteiger charge is -2.15. The number of aliphatic carboxylic acids is 1. The minimum absolute atomic E-state index is 0.110. The molecule has 156 valence electrons. The predicted octanol–water partition coefficient (Wildman–Crippen LogP) is 3.20. The molecular weight excluding hydrogens is 410 g/mol. The maximum Gasteiger partial charge on any atom is 0.336 e. The predicted molar refractivity (Wildman–Crippen MR) is 112 cm³/mol. The molecule has 2 aromatic carbocycles. The Morgan fingerprint density at radius 3 is 2.57 bits per heavy atom. The van der Waals surface area contributed by atoms with E-state index in [-0.39, 0.29) is 13.0 Å². The molecule has 0 aliphatic carbocycles. The average Bonchev–Trinajstić information content (AvgIpc) is 2.72. The van der Waals surface area contributed by atoms with Gasteiger partial charge in [0.2, 0.25) is 0 Å². The zero-order chi connectivity index (χ0) is 21.7. The highest BCUT2D eigenvalue weighted by Crippen LogP contribution is 2.23. The van der Waals surface area contributed by atoms with Crippen LogP contribution >= 0.6 is 11.6 Å². The molecule has 1 atom stereocenters. The van der Waals surface area contributed by atoms with E-state index in [0.717, 1.165) is 16.5 Å². The van der Waals surface area contributed by atoms with Gasteiger partial charge in [-0.05, 0) is 41.8 Å². The Morgan fingerprint density at radius 1 is 1.17 bits per heavy atom. The highest BCUT2D eigenvalue weighted by atomic mass is 35.5. The van der Waals surface area contributed by atoms with Gasteiger partial charge in [-0.2, -0.15) is 0 Å². The van der Waals surface area contributed by atoms with Gasteiger partial charge in [-0.1, -0.05) is 30.7 Å². The van der Waals surface area contributed by atoms with Crippen molar-refractivity contribution in [2.45, 2.75) is 25.8 Å². The number of ether oxygens (including phenoxy) is 1. The molecule has 3 rings (SSSR count). The van der Waals surface area contributed by atoms with E-state index >= 15 is 0 Å². The van der Waals surface area contributed by atoms with E-state index in [1.807, 2.05) is 6.92 Å². The number of hydrogen-bond donors (Lipinski definition) is 2. The van der Waals surface area contributed by atoms with Crippen molar-refractivity contribution in [3.8, 4) is 5.75 Å². The summed E-state index contributed by atoms with van der Waals surface area (Å²) in [6, 6.07) is 12.0. The summed E-state index contributed by atoms with van der Waals surface area (Å²) in [5.74, 6) is -1.41. The van der Waals surface area contributed by atoms with Gasteiger partial charge >= 0.3 is 11.6 Å². The van der Waals surface area contributed by atoms with Crippen LogP contribution in [0.15, 0.2) is 57.7 Å². The first kappa shape index (κ1) is 21.4. The molecule has 2 N–H and O–H groups in total. The number of carboxylic acids is 1. The topological polar surface area (TPSA) is 106 Å². The van der Waals surface area contributed by atoms with Gasteiger partial charge < -0.3 is 19.6 Å². The van der Waals surface area contributed by atoms with Crippen LogP contribution in [0.4, 0.5) is 0 Å². The van der Waals surface area contributed by atoms with E-state index in [9.17, 15) is 19.5 Å². The summed E-state index contributed by atoms with van der Waals surface area (Å²) in [5.41, 5.74) is 1.49. The molecule has 8 heteroatoms. The van der Waals surface area contributed by atoms with Crippen LogP contribution in [-0.4, -0.2) is 29.6 Å². The molecule has 0 saturated carbocycles. The number of carbonyl (C=O) groups excluding carboxylic acids is 1. The minimum atomic E-state index is -1.15. The Kier molecular flexibility index (Phi) is 6.74. The number of fused-ring (bicyclic) bond motifs is 1. The van der Waals surface area contributed by atoms with Crippen molar-refractivity contribution in [1.82, 2.24) is 5.32 Å². The van der Waals surface area contributed by atoms with Crippen molar-refractivity contribution in [1.29, 1.82) is 0 Å². The fourth-order valence-corrected chi connectivity index (χ4v) is 3.16. The number of hydrogen-bond acceptors (Lipinski definition) is 5. The van der Waals surface area contributed by atoms with E-state index < -0.39 is 23.5 Å². The summed E-state index contributed by atoms with van der Waals surface area (Å²) < 4.78 is 10.7. The maximum atomic E-state index is 12.2. The molecule has 0 saturated heterocycles. The second-order valence-electron chi connectivity index (χ2n) is 6.68. The molecule has 0 bridgehead atoms. The second kappa shape index (κ2) is 9.45. The van der Waals surface area contributed by atoms with E-state index in [4.69, 9.17) is 20.8 Å². The summed E-state index contributed by atoms with van der Waals surface area (Å²) in [4.78, 5) is 35.4. The van der Waals surface area contributed by atoms with Gasteiger partial charge in [0.1, 0.15) is 17.4 Å². The molecule has 1 heterocycles. The quantitative estimate of drug-likeness (QED) is 0.533. The van der Waals surface area contributed by atoms with Gasteiger partial charge in [-0.15, -0.1) is 0 Å². The maximum absolute atomic E-state index is 12.2. The minimum Gasteiger partial charge on any atom is -0.484 e. The molecule has 0 spiro atoms. The number of carboxylic acid groups (broad SMARTS) is 1. The molecule has 0 aliphatic heterocycles. The lowest BCUT2D eigenvalue weighted by molar-refractivity contribution is -0.142. The van der Waals surface area contributed by atoms with E-state index in [2.05, 4.69) is 5.32 Å². The number of benzene rings is 2. The molecule has 0 radical (unpaired) electrons. The molecule has 0 aliphatic rings. The average molecular weight is 430 g/mol. The van der Waals surface area contributed by atoms with Crippen molar-refractivity contribution >= 4 is 34.4 Å². The lowest BCUT2D eigenvalue weighted by atomic mass is 10.1. The number of rotatable bonds is 8. The zero-order valence-electron chi connectivity index (χ0n) is 16.2. The van der Waals surface area contributed by atoms with Crippen molar-refractivity contribution in [3.63, 3.8) is 0 Å². The van der Waals surface area contributed by atoms with E-state index in [1.165, 1.54) is 12.1 Å². The largest absolute Gasteiger partial charge is 0.484 e. The number of halogens is 1. The molecule has 0 fully saturated rings. The molecule has 30 heavy (non-hydrogen) atoms. The molecule has 3 aromatic rings. The van der Waals surface area contributed by atoms with Crippen LogP contribution < -0.4 is 15.7 Å². The normalized spacial score (nSPS) is 11.8. The third-order valence-electron chi connectivity index (χ3n) is 4.54. The lowest BCUT2D eigenvalue weighted by Crippen LogP contribution is -2.44. The zero-order valence-corrected chi connectivity index (χ0v) is 16.9. The smallest absolute Gasteiger partial charge is 0.336 e. The first-order valence-electron chi connectivity index (χ1n) is 9.32. The third-order valence-corrected chi connectivity index (χ3v) is 4.79. The summed E-state index contributed by atoms with van der Waals surface area (Å²) in [6.45, 7) is 1.56. The van der Waals surface area contributed by atoms with Gasteiger partial charge in [0.15, 0.2) is 6.61 Å². The Hall–Kier alpha value is -3.32. The van der Waals surface area contributed by atoms with Gasteiger partial charge in [-0.25, -0.2) is 9.59 Å². The van der Waals surface area contributed by atoms with Crippen LogP contribution in [0.5, 0.6) is 5.75 Å². The highest BCUT2D eigenvalue weighted by molar-refractivity contribution is 6.30. The Morgan fingerprint density at radius 2 is 1.90 bits per heavy atom. The van der Waals surface area contributed by atoms with Crippen LogP contribution in [0.2, 0.25) is 5.02 Å². The Bertz CT molecular complexity index is 1120. The fraction of sp³-hybridized carbons (Fsp3) is 0.227. The van der Waals surface area contributed by atoms with Gasteiger partial charge in [0.25, 0.3) is 5.91 Å². The van der Waals surface area contributed by atoms with E-state index in [0.29, 0.717) is 22.8 Å². The fourth-order valence-electron chi connectivity index (χ4n) is 3.03. The SMILES string of the molecule is CCc1cc(=O)oc2cc(OCC(=O)N[C@@H](Cc3ccc(Cl)cc3)C(=O)O)ccc12. The van der Waals surface area contributed by atoms with Crippen LogP contribution in [-0.2, 0) is 22.4 Å². The molecule has 1 amide bonds. The molecule has 1 aromatic heterocycles. The van der Waals surface area contributed by atoms with Crippen molar-refractivity contribution < 1.29 is 23.8 Å². The standard InChI is InChI=1S/C22H20ClNO6/c1-2-14-10-21(26)30-19-11-16(7-8-17(14)19)29-12-20(25)24-18(22(27)28)9-13-3-5-15(23)6-4-13/h3-8,10-11,18H,2,9,12H2,1H3,(H,24,25)(H,27,28)/t18-/m0/s1. The van der Waals surface area contributed by atoms with Gasteiger partial charge in [0, 0.05) is 29.0 Å². The van der Waals surface area contributed by atoms with Gasteiger partial charge in [0.05, 0.1) is 0 Å². The van der Waals surface area contributed by atoms with Crippen molar-refractivity contribution in [2.24, 2.45) is 0 Å². The number of carbonyl (C=O) groups is 2. The highest BCUT2D eigenvalue weighted by Gasteiger charge is 2.20. The summed E-state index contributed by atoms with van der Waals surface area (Å²) in [7, 11) is 0. The van der Waals surface area contributed by atoms with Crippen LogP contribution in [0.3, 0.4) is 0 Å². The van der Waals surface area contributed by atoms with Crippen LogP contribution in [0.1, 0.15) is 18.1 Å². The first-order valence-corrected chi connectivity index (χ1v) is 9.69. The molecular formula is C22H20ClNO6. The number of aryl methyl sites for hydroxylation is 1. The van der Waals surface area contributed by atoms with Crippen LogP contribution in [0, 0.1) is 0 Å². The number of amides is 1. The summed E-state index contributed by atoms with van der Waals surface area (Å²) in [6.07, 6.45) is 0.786. The van der Waals surface area contributed by atoms with Gasteiger partial charge in [-0.3, -0.25) is 4.79 Å². The summed E-state index contributed by atoms with van der Waals surface area (Å²) >= 11 is 5.83. The molecule has 7 nitrogen and oxygen atoms in total. The van der Waals surface area contributed by atoms with Crippen molar-refractivity contribution in [2.75, 3.05) is 6.61 Å². The van der Waals surface area contributed by atoms with E-state index in [1.54, 1.807) is 36.4 Å². The van der Waals surface area contributed by atoms with Crippen molar-refractivity contribution in [3.05, 3.63) is 75.1 Å².